The van der Waals surface area contributed by atoms with Crippen molar-refractivity contribution in [3.8, 4) is 0 Å². The third kappa shape index (κ3) is 4.18. The second kappa shape index (κ2) is 5.33. The van der Waals surface area contributed by atoms with E-state index in [1.54, 1.807) is 20.8 Å². The van der Waals surface area contributed by atoms with Gasteiger partial charge in [-0.25, -0.2) is 4.79 Å². The molecule has 3 amide bonds. The van der Waals surface area contributed by atoms with Gasteiger partial charge in [0.25, 0.3) is 0 Å². The highest BCUT2D eigenvalue weighted by Gasteiger charge is 2.54. The molecule has 0 aromatic rings. The van der Waals surface area contributed by atoms with Gasteiger partial charge in [0.15, 0.2) is 0 Å². The number of quaternary nitrogens is 1. The molecule has 1 heterocycles. The Morgan fingerprint density at radius 3 is 2.10 bits per heavy atom. The molecule has 20 heavy (non-hydrogen) atoms. The minimum atomic E-state index is -0.643. The van der Waals surface area contributed by atoms with Crippen molar-refractivity contribution < 1.29 is 23.5 Å². The molecule has 0 spiro atoms. The van der Waals surface area contributed by atoms with Crippen LogP contribution in [0.5, 0.6) is 0 Å². The Labute approximate surface area is 121 Å². The zero-order valence-corrected chi connectivity index (χ0v) is 13.6. The first kappa shape index (κ1) is 16.9. The highest BCUT2D eigenvalue weighted by atomic mass is 16.6. The van der Waals surface area contributed by atoms with Crippen LogP contribution in [0.15, 0.2) is 0 Å². The predicted octanol–water partition coefficient (Wildman–Crippen LogP) is 2.62. The number of carbonyl (C=O) groups is 2. The maximum Gasteiger partial charge on any atom is 0.527 e. The van der Waals surface area contributed by atoms with Crippen LogP contribution >= 0.6 is 0 Å². The average Bonchev–Trinajstić information content (AvgIpc) is 2.56. The summed E-state index contributed by atoms with van der Waals surface area (Å²) in [5.74, 6) is 0. The molecule has 0 aromatic carbocycles. The monoisotopic (exact) mass is 287 g/mol. The van der Waals surface area contributed by atoms with E-state index in [2.05, 4.69) is 5.32 Å². The van der Waals surface area contributed by atoms with Crippen molar-refractivity contribution in [3.05, 3.63) is 0 Å². The summed E-state index contributed by atoms with van der Waals surface area (Å²) in [6.45, 7) is 13.1. The topological polar surface area (TPSA) is 64.6 Å². The zero-order chi connectivity index (χ0) is 15.8. The van der Waals surface area contributed by atoms with Crippen molar-refractivity contribution in [2.75, 3.05) is 13.3 Å². The van der Waals surface area contributed by atoms with Gasteiger partial charge in [-0.05, 0) is 48.5 Å². The van der Waals surface area contributed by atoms with Gasteiger partial charge in [0.05, 0.1) is 0 Å². The van der Waals surface area contributed by atoms with Gasteiger partial charge in [0.1, 0.15) is 18.2 Å². The number of urea groups is 1. The van der Waals surface area contributed by atoms with Gasteiger partial charge in [-0.15, -0.1) is 4.48 Å². The van der Waals surface area contributed by atoms with Gasteiger partial charge < -0.3 is 14.8 Å². The van der Waals surface area contributed by atoms with E-state index in [9.17, 15) is 9.59 Å². The van der Waals surface area contributed by atoms with Crippen molar-refractivity contribution in [3.63, 3.8) is 0 Å². The molecule has 1 aliphatic heterocycles. The van der Waals surface area contributed by atoms with Gasteiger partial charge >= 0.3 is 12.1 Å². The number of carbonyl (C=O) groups excluding carboxylic acids is 2. The second-order valence-corrected chi connectivity index (χ2v) is 7.42. The van der Waals surface area contributed by atoms with Crippen LogP contribution in [-0.4, -0.2) is 47.1 Å². The van der Waals surface area contributed by atoms with Crippen molar-refractivity contribution >= 4 is 12.1 Å². The molecule has 6 nitrogen and oxygen atoms in total. The molecule has 2 atom stereocenters. The molecule has 1 rings (SSSR count). The number of nitrogens with one attached hydrogen (secondary N) is 1. The van der Waals surface area contributed by atoms with E-state index in [4.69, 9.17) is 9.47 Å². The molecule has 1 saturated heterocycles. The van der Waals surface area contributed by atoms with E-state index in [0.717, 1.165) is 0 Å². The zero-order valence-electron chi connectivity index (χ0n) is 13.6. The maximum atomic E-state index is 12.5. The lowest BCUT2D eigenvalue weighted by atomic mass is 10.1. The Kier molecular flexibility index (Phi) is 4.51. The van der Waals surface area contributed by atoms with Crippen LogP contribution in [0.3, 0.4) is 0 Å². The predicted molar refractivity (Wildman–Crippen MR) is 75.1 cm³/mol. The molecule has 0 bridgehead atoms. The lowest BCUT2D eigenvalue weighted by Crippen LogP contribution is -2.63. The molecule has 1 aliphatic rings. The fourth-order valence-corrected chi connectivity index (χ4v) is 1.93. The standard InChI is InChI=1S/C14H26N2O4/c1-10-8-16(9-19-10,11(17)15-13(2,3)4)12(18)20-14(5,6)7/h10H,8-9H2,1-7H3/p+1/t10-,16?/m1/s1. The third-order valence-electron chi connectivity index (χ3n) is 2.76. The Hall–Kier alpha value is -1.14. The summed E-state index contributed by atoms with van der Waals surface area (Å²) in [5.41, 5.74) is -1.06. The Balaban J connectivity index is 2.99. The summed E-state index contributed by atoms with van der Waals surface area (Å²) in [7, 11) is 0. The van der Waals surface area contributed by atoms with Gasteiger partial charge in [-0.2, -0.15) is 4.79 Å². The van der Waals surface area contributed by atoms with Gasteiger partial charge in [0, 0.05) is 5.54 Å². The molecular weight excluding hydrogens is 260 g/mol. The number of imide groups is 1. The van der Waals surface area contributed by atoms with Crippen LogP contribution in [-0.2, 0) is 9.47 Å². The maximum absolute atomic E-state index is 12.5. The summed E-state index contributed by atoms with van der Waals surface area (Å²) < 4.78 is 10.4. The lowest BCUT2D eigenvalue weighted by Gasteiger charge is -2.31. The van der Waals surface area contributed by atoms with Crippen LogP contribution in [0.4, 0.5) is 9.59 Å². The van der Waals surface area contributed by atoms with E-state index >= 15 is 0 Å². The number of ether oxygens (including phenoxy) is 2. The fourth-order valence-electron chi connectivity index (χ4n) is 1.93. The Bertz CT molecular complexity index is 365. The second-order valence-electron chi connectivity index (χ2n) is 7.42. The van der Waals surface area contributed by atoms with Crippen molar-refractivity contribution in [2.24, 2.45) is 0 Å². The van der Waals surface area contributed by atoms with E-state index in [0.29, 0.717) is 0 Å². The SMILES string of the molecule is C[C@@H]1C[N+](C(=O)NC(C)(C)C)(C(=O)OC(C)(C)C)CO1. The molecule has 0 aliphatic carbocycles. The normalized spacial score (nSPS) is 27.2. The summed E-state index contributed by atoms with van der Waals surface area (Å²) >= 11 is 0. The summed E-state index contributed by atoms with van der Waals surface area (Å²) in [4.78, 5) is 25.0. The highest BCUT2D eigenvalue weighted by molar-refractivity contribution is 5.80. The number of amides is 3. The van der Waals surface area contributed by atoms with E-state index in [1.807, 2.05) is 27.7 Å². The van der Waals surface area contributed by atoms with Crippen molar-refractivity contribution in [1.29, 1.82) is 0 Å². The lowest BCUT2D eigenvalue weighted by molar-refractivity contribution is -0.776. The number of nitrogens with zero attached hydrogens (tertiary/aromatic N) is 1. The Morgan fingerprint density at radius 1 is 1.20 bits per heavy atom. The van der Waals surface area contributed by atoms with Crippen LogP contribution in [0.2, 0.25) is 0 Å². The minimum absolute atomic E-state index is 0.0119. The van der Waals surface area contributed by atoms with E-state index in [-0.39, 0.29) is 25.4 Å². The van der Waals surface area contributed by atoms with E-state index in [1.165, 1.54) is 0 Å². The average molecular weight is 287 g/mol. The molecule has 6 heteroatoms. The van der Waals surface area contributed by atoms with Crippen molar-refractivity contribution in [1.82, 2.24) is 5.32 Å². The van der Waals surface area contributed by atoms with E-state index < -0.39 is 21.7 Å². The first-order valence-corrected chi connectivity index (χ1v) is 6.91. The molecule has 0 saturated carbocycles. The molecule has 0 aromatic heterocycles. The van der Waals surface area contributed by atoms with Crippen LogP contribution in [0.1, 0.15) is 48.5 Å². The highest BCUT2D eigenvalue weighted by Crippen LogP contribution is 2.24. The fraction of sp³-hybridized carbons (Fsp3) is 0.857. The number of rotatable bonds is 0. The smallest absolute Gasteiger partial charge is 0.414 e. The van der Waals surface area contributed by atoms with Crippen LogP contribution in [0.25, 0.3) is 0 Å². The van der Waals surface area contributed by atoms with Gasteiger partial charge in [-0.3, -0.25) is 0 Å². The number of hydrogen-bond acceptors (Lipinski definition) is 4. The molecule has 1 N–H and O–H groups in total. The van der Waals surface area contributed by atoms with Gasteiger partial charge in [-0.1, -0.05) is 0 Å². The first-order chi connectivity index (χ1) is 8.86. The van der Waals surface area contributed by atoms with Gasteiger partial charge in [0.2, 0.25) is 6.73 Å². The summed E-state index contributed by atoms with van der Waals surface area (Å²) in [6, 6.07) is -0.379. The summed E-state index contributed by atoms with van der Waals surface area (Å²) in [5, 5.41) is 2.84. The van der Waals surface area contributed by atoms with Crippen LogP contribution < -0.4 is 5.32 Å². The molecule has 0 radical (unpaired) electrons. The largest absolute Gasteiger partial charge is 0.527 e. The molecule has 1 fully saturated rings. The Morgan fingerprint density at radius 2 is 1.75 bits per heavy atom. The molecule has 1 unspecified atom stereocenters. The van der Waals surface area contributed by atoms with Crippen LogP contribution in [0, 0.1) is 0 Å². The summed E-state index contributed by atoms with van der Waals surface area (Å²) in [6.07, 6.45) is -0.725. The quantitative estimate of drug-likeness (QED) is 0.696. The number of hydrogen-bond donors (Lipinski definition) is 1. The molecular formula is C14H27N2O4+. The third-order valence-corrected chi connectivity index (χ3v) is 2.76. The molecule has 116 valence electrons. The van der Waals surface area contributed by atoms with Crippen molar-refractivity contribution in [2.45, 2.75) is 65.7 Å². The first-order valence-electron chi connectivity index (χ1n) is 6.91. The minimum Gasteiger partial charge on any atom is -0.414 e.